The van der Waals surface area contributed by atoms with Crippen molar-refractivity contribution in [3.05, 3.63) is 23.8 Å². The fourth-order valence-electron chi connectivity index (χ4n) is 2.63. The first-order chi connectivity index (χ1) is 10.9. The highest BCUT2D eigenvalue weighted by atomic mass is 32.2. The minimum absolute atomic E-state index is 0.0323. The van der Waals surface area contributed by atoms with Gasteiger partial charge < -0.3 is 14.4 Å². The maximum absolute atomic E-state index is 12.6. The summed E-state index contributed by atoms with van der Waals surface area (Å²) in [7, 11) is -1.38. The first-order valence-corrected chi connectivity index (χ1v) is 9.57. The van der Waals surface area contributed by atoms with Crippen LogP contribution in [0, 0.1) is 0 Å². The number of hydrogen-bond donors (Lipinski definition) is 0. The molecule has 0 unspecified atom stereocenters. The van der Waals surface area contributed by atoms with Crippen LogP contribution in [0.2, 0.25) is 0 Å². The van der Waals surface area contributed by atoms with Crippen molar-refractivity contribution >= 4 is 15.7 Å². The molecule has 7 heteroatoms. The van der Waals surface area contributed by atoms with E-state index >= 15 is 0 Å². The second kappa shape index (κ2) is 7.21. The first-order valence-electron chi connectivity index (χ1n) is 7.75. The van der Waals surface area contributed by atoms with E-state index in [-0.39, 0.29) is 23.5 Å². The lowest BCUT2D eigenvalue weighted by Gasteiger charge is -2.24. The van der Waals surface area contributed by atoms with E-state index in [9.17, 15) is 13.2 Å². The van der Waals surface area contributed by atoms with E-state index in [4.69, 9.17) is 9.47 Å². The summed E-state index contributed by atoms with van der Waals surface area (Å²) in [5.74, 6) is 1.08. The molecule has 1 saturated heterocycles. The maximum atomic E-state index is 12.6. The van der Waals surface area contributed by atoms with Gasteiger partial charge in [-0.05, 0) is 38.5 Å². The number of hydrogen-bond acceptors (Lipinski definition) is 5. The Morgan fingerprint density at radius 3 is 2.43 bits per heavy atom. The Morgan fingerprint density at radius 1 is 1.22 bits per heavy atom. The third-order valence-corrected chi connectivity index (χ3v) is 5.62. The fourth-order valence-corrected chi connectivity index (χ4v) is 4.41. The van der Waals surface area contributed by atoms with Gasteiger partial charge in [0.1, 0.15) is 0 Å². The predicted octanol–water partition coefficient (Wildman–Crippen LogP) is 1.74. The molecule has 0 spiro atoms. The van der Waals surface area contributed by atoms with Crippen molar-refractivity contribution < 1.29 is 22.7 Å². The van der Waals surface area contributed by atoms with Gasteiger partial charge in [0.05, 0.1) is 24.7 Å². The zero-order valence-corrected chi connectivity index (χ0v) is 14.6. The molecule has 0 radical (unpaired) electrons. The normalized spacial score (nSPS) is 19.3. The molecule has 0 saturated carbocycles. The van der Waals surface area contributed by atoms with Crippen molar-refractivity contribution in [2.75, 3.05) is 31.8 Å². The molecule has 0 bridgehead atoms. The standard InChI is InChI=1S/C16H23NO5S/c1-4-21-14-7-6-12(10-15(14)22-5-2)16(18)17(3)13-8-9-23(19,20)11-13/h6-7,10,13H,4-5,8-9,11H2,1-3H3/t13-/m1/s1. The van der Waals surface area contributed by atoms with Crippen LogP contribution in [-0.4, -0.2) is 57.0 Å². The van der Waals surface area contributed by atoms with Crippen LogP contribution in [0.1, 0.15) is 30.6 Å². The van der Waals surface area contributed by atoms with Crippen molar-refractivity contribution in [2.24, 2.45) is 0 Å². The smallest absolute Gasteiger partial charge is 0.254 e. The number of ether oxygens (including phenoxy) is 2. The highest BCUT2D eigenvalue weighted by Crippen LogP contribution is 2.29. The van der Waals surface area contributed by atoms with E-state index in [0.717, 1.165) is 0 Å². The van der Waals surface area contributed by atoms with E-state index in [1.165, 1.54) is 4.90 Å². The van der Waals surface area contributed by atoms with Gasteiger partial charge in [-0.2, -0.15) is 0 Å². The second-order valence-corrected chi connectivity index (χ2v) is 7.73. The maximum Gasteiger partial charge on any atom is 0.254 e. The van der Waals surface area contributed by atoms with Crippen molar-refractivity contribution in [1.29, 1.82) is 0 Å². The number of carbonyl (C=O) groups excluding carboxylic acids is 1. The zero-order valence-electron chi connectivity index (χ0n) is 13.7. The first kappa shape index (κ1) is 17.6. The molecule has 0 N–H and O–H groups in total. The monoisotopic (exact) mass is 341 g/mol. The molecule has 0 aliphatic carbocycles. The van der Waals surface area contributed by atoms with Gasteiger partial charge >= 0.3 is 0 Å². The van der Waals surface area contributed by atoms with Crippen LogP contribution in [0.15, 0.2) is 18.2 Å². The number of rotatable bonds is 6. The van der Waals surface area contributed by atoms with Crippen LogP contribution in [-0.2, 0) is 9.84 Å². The second-order valence-electron chi connectivity index (χ2n) is 5.50. The van der Waals surface area contributed by atoms with Crippen LogP contribution in [0.25, 0.3) is 0 Å². The van der Waals surface area contributed by atoms with Gasteiger partial charge in [-0.25, -0.2) is 8.42 Å². The topological polar surface area (TPSA) is 72.9 Å². The number of carbonyl (C=O) groups is 1. The van der Waals surface area contributed by atoms with Crippen LogP contribution >= 0.6 is 0 Å². The molecule has 1 aliphatic rings. The van der Waals surface area contributed by atoms with E-state index in [1.807, 2.05) is 13.8 Å². The van der Waals surface area contributed by atoms with Crippen molar-refractivity contribution in [1.82, 2.24) is 4.90 Å². The van der Waals surface area contributed by atoms with E-state index < -0.39 is 9.84 Å². The lowest BCUT2D eigenvalue weighted by molar-refractivity contribution is 0.0747. The molecule has 2 rings (SSSR count). The third-order valence-electron chi connectivity index (χ3n) is 3.87. The van der Waals surface area contributed by atoms with Crippen molar-refractivity contribution in [3.63, 3.8) is 0 Å². The summed E-state index contributed by atoms with van der Waals surface area (Å²) in [6.07, 6.45) is 0.486. The minimum Gasteiger partial charge on any atom is -0.490 e. The summed E-state index contributed by atoms with van der Waals surface area (Å²) in [6, 6.07) is 4.77. The summed E-state index contributed by atoms with van der Waals surface area (Å²) < 4.78 is 34.2. The van der Waals surface area contributed by atoms with E-state index in [0.29, 0.717) is 36.7 Å². The molecule has 1 fully saturated rings. The quantitative estimate of drug-likeness (QED) is 0.788. The Hall–Kier alpha value is -1.76. The van der Waals surface area contributed by atoms with Gasteiger partial charge in [0, 0.05) is 18.7 Å². The van der Waals surface area contributed by atoms with Gasteiger partial charge in [-0.15, -0.1) is 0 Å². The van der Waals surface area contributed by atoms with Crippen LogP contribution in [0.4, 0.5) is 0 Å². The Bertz CT molecular complexity index is 671. The molecule has 1 amide bonds. The van der Waals surface area contributed by atoms with Gasteiger partial charge in [0.25, 0.3) is 5.91 Å². The Morgan fingerprint density at radius 2 is 1.87 bits per heavy atom. The molecule has 1 aromatic rings. The summed E-state index contributed by atoms with van der Waals surface area (Å²) in [5.41, 5.74) is 0.462. The van der Waals surface area contributed by atoms with Crippen LogP contribution in [0.3, 0.4) is 0 Å². The predicted molar refractivity (Wildman–Crippen MR) is 87.9 cm³/mol. The van der Waals surface area contributed by atoms with E-state index in [2.05, 4.69) is 0 Å². The number of nitrogens with zero attached hydrogens (tertiary/aromatic N) is 1. The number of benzene rings is 1. The van der Waals surface area contributed by atoms with Gasteiger partial charge in [0.15, 0.2) is 21.3 Å². The lowest BCUT2D eigenvalue weighted by atomic mass is 10.1. The van der Waals surface area contributed by atoms with Gasteiger partial charge in [0.2, 0.25) is 0 Å². The fraction of sp³-hybridized carbons (Fsp3) is 0.562. The summed E-state index contributed by atoms with van der Waals surface area (Å²) in [4.78, 5) is 14.1. The van der Waals surface area contributed by atoms with Gasteiger partial charge in [-0.1, -0.05) is 0 Å². The Balaban J connectivity index is 2.20. The SMILES string of the molecule is CCOc1ccc(C(=O)N(C)[C@@H]2CCS(=O)(=O)C2)cc1OCC. The minimum atomic E-state index is -3.03. The zero-order chi connectivity index (χ0) is 17.0. The van der Waals surface area contributed by atoms with Crippen molar-refractivity contribution in [3.8, 4) is 11.5 Å². The Kier molecular flexibility index (Phi) is 5.51. The molecule has 0 aromatic heterocycles. The Labute approximate surface area is 137 Å². The molecule has 128 valence electrons. The highest BCUT2D eigenvalue weighted by Gasteiger charge is 2.33. The summed E-state index contributed by atoms with van der Waals surface area (Å²) >= 11 is 0. The molecular formula is C16H23NO5S. The molecule has 1 aromatic carbocycles. The van der Waals surface area contributed by atoms with Crippen LogP contribution < -0.4 is 9.47 Å². The molecule has 1 heterocycles. The average Bonchev–Trinajstić information content (AvgIpc) is 2.88. The largest absolute Gasteiger partial charge is 0.490 e. The summed E-state index contributed by atoms with van der Waals surface area (Å²) in [6.45, 7) is 4.71. The lowest BCUT2D eigenvalue weighted by Crippen LogP contribution is -2.37. The van der Waals surface area contributed by atoms with Gasteiger partial charge in [-0.3, -0.25) is 4.79 Å². The highest BCUT2D eigenvalue weighted by molar-refractivity contribution is 7.91. The van der Waals surface area contributed by atoms with E-state index in [1.54, 1.807) is 25.2 Å². The van der Waals surface area contributed by atoms with Crippen molar-refractivity contribution in [2.45, 2.75) is 26.3 Å². The molecule has 6 nitrogen and oxygen atoms in total. The molecular weight excluding hydrogens is 318 g/mol. The molecule has 1 aliphatic heterocycles. The molecule has 1 atom stereocenters. The molecule has 23 heavy (non-hydrogen) atoms. The van der Waals surface area contributed by atoms with Crippen LogP contribution in [0.5, 0.6) is 11.5 Å². The third kappa shape index (κ3) is 4.16. The average molecular weight is 341 g/mol. The summed E-state index contributed by atoms with van der Waals surface area (Å²) in [5, 5.41) is 0. The number of amides is 1. The number of sulfone groups is 1.